The molecule has 32 heavy (non-hydrogen) atoms. The number of hydrogen-bond donors (Lipinski definition) is 0. The van der Waals surface area contributed by atoms with Gasteiger partial charge in [-0.1, -0.05) is 0 Å². The number of carbonyl (C=O) groups excluding carboxylic acids is 1. The predicted octanol–water partition coefficient (Wildman–Crippen LogP) is 5.57. The topological polar surface area (TPSA) is 59.8 Å². The summed E-state index contributed by atoms with van der Waals surface area (Å²) in [6.07, 6.45) is 11.0. The van der Waals surface area contributed by atoms with E-state index in [1.54, 1.807) is 11.9 Å². The molecular weight excluding hydrogens is 538 g/mol. The Morgan fingerprint density at radius 3 is 2.59 bits per heavy atom. The van der Waals surface area contributed by atoms with Crippen molar-refractivity contribution in [3.8, 4) is 0 Å². The molecule has 1 saturated heterocycles. The van der Waals surface area contributed by atoms with E-state index in [9.17, 15) is 4.79 Å². The van der Waals surface area contributed by atoms with E-state index in [1.165, 1.54) is 43.4 Å². The molecule has 1 aliphatic heterocycles. The molecule has 1 spiro atoms. The van der Waals surface area contributed by atoms with Crippen molar-refractivity contribution in [2.45, 2.75) is 89.4 Å². The second-order valence-corrected chi connectivity index (χ2v) is 12.5. The van der Waals surface area contributed by atoms with Crippen molar-refractivity contribution in [1.29, 1.82) is 0 Å². The van der Waals surface area contributed by atoms with E-state index in [4.69, 9.17) is 14.6 Å². The molecule has 182 valence electrons. The molecule has 7 nitrogen and oxygen atoms in total. The van der Waals surface area contributed by atoms with E-state index >= 15 is 0 Å². The third-order valence-corrected chi connectivity index (χ3v) is 8.48. The maximum absolute atomic E-state index is 12.2. The summed E-state index contributed by atoms with van der Waals surface area (Å²) in [6.45, 7) is 8.88. The Hall–Kier alpha value is -0.440. The molecule has 1 aromatic rings. The van der Waals surface area contributed by atoms with Gasteiger partial charge in [-0.05, 0) is 94.8 Å². The summed E-state index contributed by atoms with van der Waals surface area (Å²) in [5.74, 6) is 0.521. The van der Waals surface area contributed by atoms with Gasteiger partial charge in [0.1, 0.15) is 5.60 Å². The molecule has 1 aliphatic carbocycles. The van der Waals surface area contributed by atoms with Crippen LogP contribution in [0.4, 0.5) is 4.79 Å². The highest BCUT2D eigenvalue weighted by molar-refractivity contribution is 14.2. The Balaban J connectivity index is 1.56. The average molecular weight is 578 g/mol. The number of ether oxygens (including phenoxy) is 2. The molecule has 0 radical (unpaired) electrons. The molecule has 1 aromatic heterocycles. The van der Waals surface area contributed by atoms with Crippen LogP contribution >= 0.6 is 28.4 Å². The number of carbonyl (C=O) groups is 1. The molecule has 0 aromatic carbocycles. The smallest absolute Gasteiger partial charge is 0.410 e. The number of amides is 1. The Morgan fingerprint density at radius 1 is 1.28 bits per heavy atom. The van der Waals surface area contributed by atoms with E-state index in [0.717, 1.165) is 32.5 Å². The van der Waals surface area contributed by atoms with Gasteiger partial charge in [0.05, 0.1) is 17.7 Å². The summed E-state index contributed by atoms with van der Waals surface area (Å²) in [5, 5.41) is 4.97. The summed E-state index contributed by atoms with van der Waals surface area (Å²) < 4.78 is 13.8. The van der Waals surface area contributed by atoms with Crippen LogP contribution < -0.4 is 0 Å². The molecule has 2 fully saturated rings. The van der Waals surface area contributed by atoms with Gasteiger partial charge in [0.15, 0.2) is 0 Å². The van der Waals surface area contributed by atoms with Crippen molar-refractivity contribution in [2.75, 3.05) is 33.8 Å². The SMILES string of the molecule is CN(CCN(C)C(=O)OC(C)(C)C)Cc1cn(PI)nc1C1CCC2(CCCCO2)CC1. The van der Waals surface area contributed by atoms with Gasteiger partial charge in [0.2, 0.25) is 0 Å². The number of rotatable bonds is 7. The highest BCUT2D eigenvalue weighted by Gasteiger charge is 2.39. The molecule has 3 rings (SSSR count). The zero-order valence-electron chi connectivity index (χ0n) is 20.3. The van der Waals surface area contributed by atoms with Gasteiger partial charge in [0.25, 0.3) is 0 Å². The predicted molar refractivity (Wildman–Crippen MR) is 139 cm³/mol. The Bertz CT molecular complexity index is 751. The van der Waals surface area contributed by atoms with Crippen molar-refractivity contribution in [2.24, 2.45) is 0 Å². The van der Waals surface area contributed by atoms with Crippen LogP contribution in [-0.4, -0.2) is 70.4 Å². The summed E-state index contributed by atoms with van der Waals surface area (Å²) in [4.78, 5) is 16.2. The van der Waals surface area contributed by atoms with Gasteiger partial charge in [-0.3, -0.25) is 0 Å². The van der Waals surface area contributed by atoms with E-state index in [0.29, 0.717) is 18.8 Å². The first kappa shape index (κ1) is 26.2. The molecule has 0 bridgehead atoms. The molecule has 1 atom stereocenters. The van der Waals surface area contributed by atoms with Crippen LogP contribution in [0.25, 0.3) is 0 Å². The second-order valence-electron chi connectivity index (χ2n) is 10.5. The second kappa shape index (κ2) is 11.3. The van der Waals surface area contributed by atoms with E-state index in [-0.39, 0.29) is 11.7 Å². The van der Waals surface area contributed by atoms with Crippen molar-refractivity contribution >= 4 is 34.5 Å². The first-order valence-corrected chi connectivity index (χ1v) is 15.9. The lowest BCUT2D eigenvalue weighted by Crippen LogP contribution is -2.39. The van der Waals surface area contributed by atoms with Gasteiger partial charge >= 0.3 is 6.09 Å². The highest BCUT2D eigenvalue weighted by Crippen LogP contribution is 2.44. The molecule has 0 N–H and O–H groups in total. The Labute approximate surface area is 208 Å². The van der Waals surface area contributed by atoms with Crippen LogP contribution in [0.3, 0.4) is 0 Å². The highest BCUT2D eigenvalue weighted by atomic mass is 127. The third-order valence-electron chi connectivity index (χ3n) is 6.59. The molecule has 9 heteroatoms. The zero-order valence-corrected chi connectivity index (χ0v) is 23.5. The zero-order chi connectivity index (χ0) is 23.4. The van der Waals surface area contributed by atoms with Crippen LogP contribution in [-0.2, 0) is 16.0 Å². The number of likely N-dealkylation sites (N-methyl/N-ethyl adjacent to an activating group) is 2. The van der Waals surface area contributed by atoms with Crippen molar-refractivity contribution in [3.05, 3.63) is 17.5 Å². The largest absolute Gasteiger partial charge is 0.444 e. The average Bonchev–Trinajstić information content (AvgIpc) is 3.14. The lowest BCUT2D eigenvalue weighted by Gasteiger charge is -2.42. The minimum atomic E-state index is -0.470. The van der Waals surface area contributed by atoms with Crippen molar-refractivity contribution < 1.29 is 14.3 Å². The van der Waals surface area contributed by atoms with E-state index < -0.39 is 5.60 Å². The fraction of sp³-hybridized carbons (Fsp3) is 0.826. The molecule has 2 heterocycles. The van der Waals surface area contributed by atoms with Crippen LogP contribution in [0.5, 0.6) is 0 Å². The maximum Gasteiger partial charge on any atom is 0.410 e. The lowest BCUT2D eigenvalue weighted by atomic mass is 9.74. The summed E-state index contributed by atoms with van der Waals surface area (Å²) in [7, 11) is 3.91. The minimum Gasteiger partial charge on any atom is -0.444 e. The fourth-order valence-electron chi connectivity index (χ4n) is 4.78. The van der Waals surface area contributed by atoms with Crippen LogP contribution in [0.2, 0.25) is 0 Å². The number of hydrogen-bond acceptors (Lipinski definition) is 5. The monoisotopic (exact) mass is 578 g/mol. The maximum atomic E-state index is 12.2. The summed E-state index contributed by atoms with van der Waals surface area (Å²) in [6, 6.07) is 0. The quantitative estimate of drug-likeness (QED) is 0.313. The van der Waals surface area contributed by atoms with Gasteiger partial charge in [-0.25, -0.2) is 9.25 Å². The standard InChI is InChI=1S/C23H40IN4O3P/c1-22(2,3)31-21(29)27(5)14-13-26(4)16-19-17-28(32-24)25-20(19)18-8-11-23(12-9-18)10-6-7-15-30-23/h17-18,32H,6-16H2,1-5H3. The number of halogens is 1. The molecule has 1 saturated carbocycles. The number of aromatic nitrogens is 2. The van der Waals surface area contributed by atoms with E-state index in [2.05, 4.69) is 44.6 Å². The lowest BCUT2D eigenvalue weighted by molar-refractivity contribution is -0.102. The minimum absolute atomic E-state index is 0.144. The number of nitrogens with zero attached hydrogens (tertiary/aromatic N) is 4. The van der Waals surface area contributed by atoms with Crippen molar-refractivity contribution in [1.82, 2.24) is 19.4 Å². The molecular formula is C23H40IN4O3P. The first-order valence-electron chi connectivity index (χ1n) is 11.8. The summed E-state index contributed by atoms with van der Waals surface area (Å²) >= 11 is 2.40. The molecule has 1 unspecified atom stereocenters. The van der Waals surface area contributed by atoms with Crippen LogP contribution in [0.1, 0.15) is 82.9 Å². The molecule has 2 aliphatic rings. The Kier molecular flexibility index (Phi) is 9.26. The third kappa shape index (κ3) is 7.28. The first-order chi connectivity index (χ1) is 15.1. The van der Waals surface area contributed by atoms with Crippen LogP contribution in [0, 0.1) is 0 Å². The fourth-order valence-corrected chi connectivity index (χ4v) is 5.87. The van der Waals surface area contributed by atoms with Gasteiger partial charge in [-0.15, -0.1) is 0 Å². The van der Waals surface area contributed by atoms with Gasteiger partial charge < -0.3 is 19.3 Å². The Morgan fingerprint density at radius 2 is 2.00 bits per heavy atom. The van der Waals surface area contributed by atoms with E-state index in [1.807, 2.05) is 20.8 Å². The van der Waals surface area contributed by atoms with Crippen LogP contribution in [0.15, 0.2) is 6.20 Å². The van der Waals surface area contributed by atoms with Gasteiger partial charge in [0, 0.05) is 51.0 Å². The van der Waals surface area contributed by atoms with Crippen molar-refractivity contribution in [3.63, 3.8) is 0 Å². The normalized spacial score (nSPS) is 24.5. The summed E-state index contributed by atoms with van der Waals surface area (Å²) in [5.41, 5.74) is 2.27. The van der Waals surface area contributed by atoms with Gasteiger partial charge in [-0.2, -0.15) is 5.10 Å². The molecule has 1 amide bonds.